The summed E-state index contributed by atoms with van der Waals surface area (Å²) >= 11 is 1.19. The smallest absolute Gasteiger partial charge is 0.338 e. The molecule has 41 heavy (non-hydrogen) atoms. The van der Waals surface area contributed by atoms with Gasteiger partial charge >= 0.3 is 5.97 Å². The van der Waals surface area contributed by atoms with Crippen LogP contribution in [-0.2, 0) is 14.3 Å². The third kappa shape index (κ3) is 4.74. The normalized spacial score (nSPS) is 18.7. The molecule has 2 atom stereocenters. The first-order chi connectivity index (χ1) is 20.0. The number of benzene rings is 3. The minimum Gasteiger partial charge on any atom is -0.463 e. The molecule has 0 saturated heterocycles. The molecule has 6 rings (SSSR count). The number of anilines is 1. The Labute approximate surface area is 239 Å². The number of fused-ring (bicyclic) bond motifs is 1. The van der Waals surface area contributed by atoms with E-state index in [9.17, 15) is 14.4 Å². The monoisotopic (exact) mass is 562 g/mol. The lowest BCUT2D eigenvalue weighted by molar-refractivity contribution is -0.138. The average molecular weight is 563 g/mol. The van der Waals surface area contributed by atoms with Crippen molar-refractivity contribution < 1.29 is 14.3 Å². The van der Waals surface area contributed by atoms with Crippen LogP contribution in [-0.4, -0.2) is 28.8 Å². The Balaban J connectivity index is 1.55. The van der Waals surface area contributed by atoms with Gasteiger partial charge in [-0.15, -0.1) is 0 Å². The number of esters is 1. The molecule has 3 heterocycles. The van der Waals surface area contributed by atoms with Crippen LogP contribution in [0.15, 0.2) is 111 Å². The fraction of sp³-hybridized carbons (Fsp3) is 0.156. The number of amides is 1. The summed E-state index contributed by atoms with van der Waals surface area (Å²) in [6.07, 6.45) is 1.66. The molecule has 0 fully saturated rings. The predicted molar refractivity (Wildman–Crippen MR) is 159 cm³/mol. The summed E-state index contributed by atoms with van der Waals surface area (Å²) in [7, 11) is 0. The van der Waals surface area contributed by atoms with Crippen molar-refractivity contribution in [1.29, 1.82) is 0 Å². The third-order valence-electron chi connectivity index (χ3n) is 6.99. The molecule has 0 radical (unpaired) electrons. The molecule has 0 saturated carbocycles. The second-order valence-electron chi connectivity index (χ2n) is 9.57. The molecule has 1 aromatic heterocycles. The lowest BCUT2D eigenvalue weighted by Crippen LogP contribution is -2.40. The highest BCUT2D eigenvalue weighted by Crippen LogP contribution is 2.35. The Morgan fingerprint density at radius 3 is 2.24 bits per heavy atom. The van der Waals surface area contributed by atoms with Gasteiger partial charge < -0.3 is 4.74 Å². The molecule has 204 valence electrons. The zero-order valence-electron chi connectivity index (χ0n) is 22.4. The van der Waals surface area contributed by atoms with Gasteiger partial charge in [0.05, 0.1) is 39.9 Å². The molecule has 2 aliphatic heterocycles. The lowest BCUT2D eigenvalue weighted by atomic mass is 9.93. The number of hydrazone groups is 1. The van der Waals surface area contributed by atoms with E-state index in [0.717, 1.165) is 11.1 Å². The van der Waals surface area contributed by atoms with Crippen molar-refractivity contribution >= 4 is 46.4 Å². The SMILES string of the molecule is CCOC(=O)C1=C(c2ccccc2)N=c2s/c(=C/[C@@H]3C(=O)N(c4ccccc4)N=C3C)c(=O)n2[C@@H]1c1ccccc1. The highest BCUT2D eigenvalue weighted by Gasteiger charge is 2.36. The number of aromatic nitrogens is 1. The zero-order valence-corrected chi connectivity index (χ0v) is 23.2. The minimum atomic E-state index is -0.765. The van der Waals surface area contributed by atoms with E-state index in [1.807, 2.05) is 91.0 Å². The standard InChI is InChI=1S/C32H26N4O4S/c1-3-40-31(39)26-27(21-13-7-4-8-14-21)33-32-35(28(26)22-15-9-5-10-16-22)30(38)25(41-32)19-24-20(2)34-36(29(24)37)23-17-11-6-12-18-23/h4-19,24,28H,3H2,1-2H3/b25-19+/t24-,28+/m0/s1. The number of nitrogens with zero attached hydrogens (tertiary/aromatic N) is 4. The maximum atomic E-state index is 14.1. The van der Waals surface area contributed by atoms with Gasteiger partial charge in [-0.05, 0) is 37.6 Å². The number of hydrogen-bond acceptors (Lipinski definition) is 7. The van der Waals surface area contributed by atoms with E-state index in [4.69, 9.17) is 9.73 Å². The summed E-state index contributed by atoms with van der Waals surface area (Å²) < 4.78 is 7.38. The Morgan fingerprint density at radius 2 is 1.59 bits per heavy atom. The van der Waals surface area contributed by atoms with Crippen molar-refractivity contribution in [3.8, 4) is 0 Å². The van der Waals surface area contributed by atoms with Crippen LogP contribution in [0.2, 0.25) is 0 Å². The van der Waals surface area contributed by atoms with E-state index in [1.165, 1.54) is 20.9 Å². The summed E-state index contributed by atoms with van der Waals surface area (Å²) in [5, 5.41) is 5.84. The fourth-order valence-corrected chi connectivity index (χ4v) is 6.09. The summed E-state index contributed by atoms with van der Waals surface area (Å²) in [5.41, 5.74) is 3.13. The summed E-state index contributed by atoms with van der Waals surface area (Å²) in [5.74, 6) is -1.48. The van der Waals surface area contributed by atoms with Gasteiger partial charge in [-0.2, -0.15) is 10.1 Å². The van der Waals surface area contributed by atoms with Crippen molar-refractivity contribution in [2.45, 2.75) is 19.9 Å². The quantitative estimate of drug-likeness (QED) is 0.333. The number of thiazole rings is 1. The topological polar surface area (TPSA) is 93.3 Å². The average Bonchev–Trinajstić information content (AvgIpc) is 3.48. The fourth-order valence-electron chi connectivity index (χ4n) is 5.08. The number of para-hydroxylation sites is 1. The number of rotatable bonds is 6. The molecule has 0 aliphatic carbocycles. The number of carbonyl (C=O) groups is 2. The van der Waals surface area contributed by atoms with Crippen molar-refractivity contribution in [1.82, 2.24) is 4.57 Å². The molecule has 9 heteroatoms. The minimum absolute atomic E-state index is 0.177. The van der Waals surface area contributed by atoms with Gasteiger partial charge in [0.2, 0.25) is 0 Å². The molecule has 2 aliphatic rings. The molecular formula is C32H26N4O4S. The van der Waals surface area contributed by atoms with Gasteiger partial charge in [0.15, 0.2) is 4.80 Å². The van der Waals surface area contributed by atoms with Gasteiger partial charge in [0.1, 0.15) is 5.92 Å². The van der Waals surface area contributed by atoms with Crippen molar-refractivity contribution in [3.63, 3.8) is 0 Å². The van der Waals surface area contributed by atoms with Crippen LogP contribution in [0.5, 0.6) is 0 Å². The van der Waals surface area contributed by atoms with Gasteiger partial charge in [0, 0.05) is 5.56 Å². The maximum Gasteiger partial charge on any atom is 0.338 e. The van der Waals surface area contributed by atoms with Gasteiger partial charge in [0.25, 0.3) is 11.5 Å². The maximum absolute atomic E-state index is 14.1. The third-order valence-corrected chi connectivity index (χ3v) is 7.99. The molecular weight excluding hydrogens is 536 g/mol. The highest BCUT2D eigenvalue weighted by atomic mass is 32.1. The Morgan fingerprint density at radius 1 is 0.951 bits per heavy atom. The highest BCUT2D eigenvalue weighted by molar-refractivity contribution is 7.07. The van der Waals surface area contributed by atoms with Gasteiger partial charge in [-0.3, -0.25) is 14.2 Å². The van der Waals surface area contributed by atoms with Crippen molar-refractivity contribution in [3.05, 3.63) is 127 Å². The van der Waals surface area contributed by atoms with E-state index >= 15 is 0 Å². The van der Waals surface area contributed by atoms with E-state index in [-0.39, 0.29) is 23.6 Å². The largest absolute Gasteiger partial charge is 0.463 e. The van der Waals surface area contributed by atoms with Crippen LogP contribution in [0.1, 0.15) is 31.0 Å². The van der Waals surface area contributed by atoms with Crippen LogP contribution in [0.25, 0.3) is 11.8 Å². The number of hydrogen-bond donors (Lipinski definition) is 0. The van der Waals surface area contributed by atoms with Gasteiger partial charge in [-0.25, -0.2) is 9.79 Å². The first-order valence-corrected chi connectivity index (χ1v) is 14.1. The molecule has 0 spiro atoms. The summed E-state index contributed by atoms with van der Waals surface area (Å²) in [6, 6.07) is 27.2. The van der Waals surface area contributed by atoms with Crippen LogP contribution in [0.4, 0.5) is 5.69 Å². The van der Waals surface area contributed by atoms with Crippen molar-refractivity contribution in [2.24, 2.45) is 16.0 Å². The van der Waals surface area contributed by atoms with Crippen LogP contribution < -0.4 is 19.9 Å². The second kappa shape index (κ2) is 10.9. The Kier molecular flexibility index (Phi) is 7.03. The molecule has 0 unspecified atom stereocenters. The van der Waals surface area contributed by atoms with Crippen LogP contribution >= 0.6 is 11.3 Å². The first-order valence-electron chi connectivity index (χ1n) is 13.3. The van der Waals surface area contributed by atoms with Crippen molar-refractivity contribution in [2.75, 3.05) is 11.6 Å². The van der Waals surface area contributed by atoms with E-state index in [0.29, 0.717) is 26.4 Å². The Bertz CT molecular complexity index is 1880. The Hall–Kier alpha value is -4.89. The predicted octanol–water partition coefficient (Wildman–Crippen LogP) is 3.93. The van der Waals surface area contributed by atoms with E-state index < -0.39 is 17.9 Å². The lowest BCUT2D eigenvalue weighted by Gasteiger charge is -2.25. The number of ether oxygens (including phenoxy) is 1. The zero-order chi connectivity index (χ0) is 28.5. The summed E-state index contributed by atoms with van der Waals surface area (Å²) in [4.78, 5) is 46.2. The molecule has 0 bridgehead atoms. The molecule has 4 aromatic rings. The van der Waals surface area contributed by atoms with E-state index in [1.54, 1.807) is 19.9 Å². The van der Waals surface area contributed by atoms with Gasteiger partial charge in [-0.1, -0.05) is 90.2 Å². The second-order valence-corrected chi connectivity index (χ2v) is 10.6. The number of carbonyl (C=O) groups excluding carboxylic acids is 2. The molecule has 8 nitrogen and oxygen atoms in total. The molecule has 0 N–H and O–H groups in total. The first kappa shape index (κ1) is 26.3. The van der Waals surface area contributed by atoms with Crippen LogP contribution in [0, 0.1) is 5.92 Å². The summed E-state index contributed by atoms with van der Waals surface area (Å²) in [6.45, 7) is 3.70. The molecule has 1 amide bonds. The van der Waals surface area contributed by atoms with Crippen LogP contribution in [0.3, 0.4) is 0 Å². The van der Waals surface area contributed by atoms with E-state index in [2.05, 4.69) is 5.10 Å². The molecule has 3 aromatic carbocycles.